The molecule has 1 unspecified atom stereocenters. The molecule has 92 valence electrons. The summed E-state index contributed by atoms with van der Waals surface area (Å²) in [6, 6.07) is 4.27. The van der Waals surface area contributed by atoms with Crippen LogP contribution in [0.2, 0.25) is 8.67 Å². The molecule has 17 heavy (non-hydrogen) atoms. The Morgan fingerprint density at radius 3 is 2.65 bits per heavy atom. The van der Waals surface area contributed by atoms with Crippen LogP contribution in [0.3, 0.4) is 0 Å². The van der Waals surface area contributed by atoms with Crippen molar-refractivity contribution >= 4 is 68.5 Å². The highest BCUT2D eigenvalue weighted by Crippen LogP contribution is 2.38. The molecule has 2 heterocycles. The van der Waals surface area contributed by atoms with Crippen LogP contribution in [0.5, 0.6) is 0 Å². The molecule has 1 nitrogen and oxygen atoms in total. The Morgan fingerprint density at radius 2 is 2.18 bits per heavy atom. The summed E-state index contributed by atoms with van der Waals surface area (Å²) in [5.74, 6) is 0. The van der Waals surface area contributed by atoms with Gasteiger partial charge in [0.1, 0.15) is 0 Å². The van der Waals surface area contributed by atoms with Gasteiger partial charge in [-0.25, -0.2) is 0 Å². The van der Waals surface area contributed by atoms with E-state index < -0.39 is 0 Å². The summed E-state index contributed by atoms with van der Waals surface area (Å²) in [5, 5.41) is 5.61. The highest BCUT2D eigenvalue weighted by atomic mass is 127. The molecule has 2 aromatic heterocycles. The lowest BCUT2D eigenvalue weighted by Gasteiger charge is -2.16. The van der Waals surface area contributed by atoms with Gasteiger partial charge in [-0.1, -0.05) is 30.1 Å². The third-order valence-electron chi connectivity index (χ3n) is 2.32. The van der Waals surface area contributed by atoms with Crippen LogP contribution in [0.1, 0.15) is 24.1 Å². The van der Waals surface area contributed by atoms with E-state index in [1.54, 1.807) is 11.3 Å². The van der Waals surface area contributed by atoms with Crippen LogP contribution in [0.15, 0.2) is 17.5 Å². The van der Waals surface area contributed by atoms with Crippen molar-refractivity contribution in [2.75, 3.05) is 6.54 Å². The summed E-state index contributed by atoms with van der Waals surface area (Å²) < 4.78 is 2.78. The van der Waals surface area contributed by atoms with Crippen LogP contribution >= 0.6 is 68.5 Å². The first-order chi connectivity index (χ1) is 8.11. The van der Waals surface area contributed by atoms with Crippen LogP contribution in [0, 0.1) is 2.88 Å². The molecule has 0 aliphatic heterocycles. The maximum atomic E-state index is 6.23. The molecule has 0 saturated heterocycles. The Labute approximate surface area is 132 Å². The van der Waals surface area contributed by atoms with Gasteiger partial charge in [-0.05, 0) is 52.2 Å². The number of rotatable bonds is 4. The Hall–Kier alpha value is 0.670. The van der Waals surface area contributed by atoms with Crippen LogP contribution in [0.4, 0.5) is 0 Å². The Kier molecular flexibility index (Phi) is 5.15. The summed E-state index contributed by atoms with van der Waals surface area (Å²) in [4.78, 5) is 0. The van der Waals surface area contributed by atoms with Gasteiger partial charge in [-0.3, -0.25) is 0 Å². The lowest BCUT2D eigenvalue weighted by molar-refractivity contribution is 0.634. The monoisotopic (exact) mass is 417 g/mol. The first-order valence-electron chi connectivity index (χ1n) is 5.04. The largest absolute Gasteiger partial charge is 0.306 e. The van der Waals surface area contributed by atoms with Crippen molar-refractivity contribution in [3.05, 3.63) is 40.2 Å². The zero-order valence-corrected chi connectivity index (χ0v) is 14.3. The molecule has 0 aromatic carbocycles. The van der Waals surface area contributed by atoms with Crippen molar-refractivity contribution < 1.29 is 0 Å². The SMILES string of the molecule is CCNC(c1csc(I)c1)c1cc(Cl)sc1Cl. The molecular weight excluding hydrogens is 408 g/mol. The third-order valence-corrected chi connectivity index (χ3v) is 5.65. The van der Waals surface area contributed by atoms with Crippen LogP contribution in [-0.2, 0) is 0 Å². The fourth-order valence-corrected chi connectivity index (χ4v) is 4.57. The predicted octanol–water partition coefficient (Wildman–Crippen LogP) is 5.42. The van der Waals surface area contributed by atoms with Gasteiger partial charge in [0.25, 0.3) is 0 Å². The summed E-state index contributed by atoms with van der Waals surface area (Å²) in [5.41, 5.74) is 2.32. The quantitative estimate of drug-likeness (QED) is 0.655. The summed E-state index contributed by atoms with van der Waals surface area (Å²) in [6.45, 7) is 2.98. The topological polar surface area (TPSA) is 12.0 Å². The molecule has 2 rings (SSSR count). The number of thiophene rings is 2. The molecule has 1 N–H and O–H groups in total. The Bertz CT molecular complexity index is 509. The zero-order chi connectivity index (χ0) is 12.4. The first-order valence-corrected chi connectivity index (χ1v) is 8.57. The van der Waals surface area contributed by atoms with Gasteiger partial charge in [-0.15, -0.1) is 22.7 Å². The molecule has 2 aromatic rings. The first kappa shape index (κ1) is 14.1. The molecule has 0 bridgehead atoms. The van der Waals surface area contributed by atoms with E-state index in [-0.39, 0.29) is 6.04 Å². The standard InChI is InChI=1S/C11H10Cl2INS2/c1-2-15-10(6-3-9(14)16-5-6)7-4-8(12)17-11(7)13/h3-5,10,15H,2H2,1H3. The minimum Gasteiger partial charge on any atom is -0.306 e. The fraction of sp³-hybridized carbons (Fsp3) is 0.273. The van der Waals surface area contributed by atoms with Gasteiger partial charge in [0.05, 0.1) is 17.6 Å². The second-order valence-corrected chi connectivity index (χ2v) is 8.55. The molecule has 6 heteroatoms. The van der Waals surface area contributed by atoms with Gasteiger partial charge < -0.3 is 5.32 Å². The van der Waals surface area contributed by atoms with E-state index in [2.05, 4.69) is 46.3 Å². The summed E-state index contributed by atoms with van der Waals surface area (Å²) in [7, 11) is 0. The molecular formula is C11H10Cl2INS2. The van der Waals surface area contributed by atoms with Crippen LogP contribution < -0.4 is 5.32 Å². The average Bonchev–Trinajstić information content (AvgIpc) is 2.82. The molecule has 0 radical (unpaired) electrons. The highest BCUT2D eigenvalue weighted by molar-refractivity contribution is 14.1. The fourth-order valence-electron chi connectivity index (χ4n) is 1.64. The lowest BCUT2D eigenvalue weighted by Crippen LogP contribution is -2.21. The molecule has 0 amide bonds. The van der Waals surface area contributed by atoms with Crippen molar-refractivity contribution in [1.82, 2.24) is 5.32 Å². The zero-order valence-electron chi connectivity index (χ0n) is 8.97. The molecule has 0 fully saturated rings. The van der Waals surface area contributed by atoms with Gasteiger partial charge in [-0.2, -0.15) is 0 Å². The van der Waals surface area contributed by atoms with E-state index in [4.69, 9.17) is 23.2 Å². The normalized spacial score (nSPS) is 12.9. The van der Waals surface area contributed by atoms with E-state index in [1.807, 2.05) is 6.07 Å². The van der Waals surface area contributed by atoms with Gasteiger partial charge >= 0.3 is 0 Å². The minimum absolute atomic E-state index is 0.135. The van der Waals surface area contributed by atoms with Crippen LogP contribution in [-0.4, -0.2) is 6.54 Å². The van der Waals surface area contributed by atoms with Crippen molar-refractivity contribution in [2.24, 2.45) is 0 Å². The van der Waals surface area contributed by atoms with E-state index in [1.165, 1.54) is 19.8 Å². The maximum Gasteiger partial charge on any atom is 0.0995 e. The molecule has 1 atom stereocenters. The van der Waals surface area contributed by atoms with Crippen molar-refractivity contribution in [1.29, 1.82) is 0 Å². The minimum atomic E-state index is 0.135. The second kappa shape index (κ2) is 6.21. The predicted molar refractivity (Wildman–Crippen MR) is 86.9 cm³/mol. The summed E-state index contributed by atoms with van der Waals surface area (Å²) in [6.07, 6.45) is 0. The number of nitrogens with one attached hydrogen (secondary N) is 1. The number of halogens is 3. The highest BCUT2D eigenvalue weighted by Gasteiger charge is 2.19. The smallest absolute Gasteiger partial charge is 0.0995 e. The maximum absolute atomic E-state index is 6.23. The molecule has 0 aliphatic rings. The van der Waals surface area contributed by atoms with E-state index >= 15 is 0 Å². The average molecular weight is 418 g/mol. The summed E-state index contributed by atoms with van der Waals surface area (Å²) >= 11 is 17.7. The lowest BCUT2D eigenvalue weighted by atomic mass is 10.0. The molecule has 0 saturated carbocycles. The van der Waals surface area contributed by atoms with Crippen LogP contribution in [0.25, 0.3) is 0 Å². The van der Waals surface area contributed by atoms with E-state index in [0.29, 0.717) is 0 Å². The second-order valence-electron chi connectivity index (χ2n) is 3.45. The number of hydrogen-bond acceptors (Lipinski definition) is 3. The number of hydrogen-bond donors (Lipinski definition) is 1. The van der Waals surface area contributed by atoms with Gasteiger partial charge in [0.2, 0.25) is 0 Å². The van der Waals surface area contributed by atoms with E-state index in [9.17, 15) is 0 Å². The molecule has 0 spiro atoms. The van der Waals surface area contributed by atoms with Gasteiger partial charge in [0, 0.05) is 5.56 Å². The van der Waals surface area contributed by atoms with Crippen molar-refractivity contribution in [3.63, 3.8) is 0 Å². The Balaban J connectivity index is 2.38. The van der Waals surface area contributed by atoms with Crippen molar-refractivity contribution in [3.8, 4) is 0 Å². The Morgan fingerprint density at radius 1 is 1.41 bits per heavy atom. The van der Waals surface area contributed by atoms with Gasteiger partial charge in [0.15, 0.2) is 0 Å². The molecule has 0 aliphatic carbocycles. The van der Waals surface area contributed by atoms with E-state index in [0.717, 1.165) is 20.8 Å². The third kappa shape index (κ3) is 3.36. The van der Waals surface area contributed by atoms with Crippen molar-refractivity contribution in [2.45, 2.75) is 13.0 Å².